The van der Waals surface area contributed by atoms with Gasteiger partial charge in [-0.05, 0) is 57.6 Å². The molecule has 2 fully saturated rings. The number of rotatable bonds is 10. The molecular weight excluding hydrogens is 562 g/mol. The molecule has 43 heavy (non-hydrogen) atoms. The summed E-state index contributed by atoms with van der Waals surface area (Å²) in [4.78, 5) is 27.7. The number of halogens is 2. The molecule has 0 spiro atoms. The zero-order valence-electron chi connectivity index (χ0n) is 24.3. The summed E-state index contributed by atoms with van der Waals surface area (Å²) in [7, 11) is 0. The Kier molecular flexibility index (Phi) is 9.35. The van der Waals surface area contributed by atoms with Gasteiger partial charge in [-0.2, -0.15) is 9.97 Å². The lowest BCUT2D eigenvalue weighted by molar-refractivity contribution is 0.0722. The number of imidazole rings is 1. The second kappa shape index (κ2) is 13.2. The average molecular weight is 601 g/mol. The lowest BCUT2D eigenvalue weighted by atomic mass is 9.86. The minimum Gasteiger partial charge on any atom is -0.438 e. The van der Waals surface area contributed by atoms with Crippen molar-refractivity contribution in [3.05, 3.63) is 36.2 Å². The van der Waals surface area contributed by atoms with Crippen molar-refractivity contribution in [1.29, 1.82) is 5.41 Å². The lowest BCUT2D eigenvalue weighted by Crippen LogP contribution is -2.48. The van der Waals surface area contributed by atoms with E-state index in [9.17, 15) is 18.7 Å². The number of morpholine rings is 1. The van der Waals surface area contributed by atoms with E-state index in [4.69, 9.17) is 19.9 Å². The predicted molar refractivity (Wildman–Crippen MR) is 157 cm³/mol. The van der Waals surface area contributed by atoms with Gasteiger partial charge in [-0.25, -0.2) is 18.6 Å². The number of nitrogens with one attached hydrogen (secondary N) is 3. The highest BCUT2D eigenvalue weighted by molar-refractivity contribution is 5.78. The third-order valence-corrected chi connectivity index (χ3v) is 7.86. The van der Waals surface area contributed by atoms with E-state index in [1.807, 2.05) is 4.90 Å². The molecule has 3 heterocycles. The first kappa shape index (κ1) is 30.5. The van der Waals surface area contributed by atoms with E-state index in [1.165, 1.54) is 4.57 Å². The first-order valence-corrected chi connectivity index (χ1v) is 14.5. The molecule has 0 unspecified atom stereocenters. The van der Waals surface area contributed by atoms with Crippen molar-refractivity contribution in [1.82, 2.24) is 24.8 Å². The van der Waals surface area contributed by atoms with Crippen LogP contribution >= 0.6 is 0 Å². The summed E-state index contributed by atoms with van der Waals surface area (Å²) in [6, 6.07) is 8.21. The minimum absolute atomic E-state index is 0.0181. The molecule has 1 aromatic carbocycles. The molecule has 232 valence electrons. The number of benzene rings is 1. The second-order valence-electron chi connectivity index (χ2n) is 11.5. The topological polar surface area (TPSA) is 151 Å². The number of alkyl carbamates (subject to hydrolysis) is 1. The highest BCUT2D eigenvalue weighted by Gasteiger charge is 2.28. The number of alkyl halides is 2. The van der Waals surface area contributed by atoms with Gasteiger partial charge in [0.15, 0.2) is 5.82 Å². The van der Waals surface area contributed by atoms with E-state index < -0.39 is 23.9 Å². The fourth-order valence-corrected chi connectivity index (χ4v) is 5.51. The smallest absolute Gasteiger partial charge is 0.408 e. The summed E-state index contributed by atoms with van der Waals surface area (Å²) < 4.78 is 40.5. The van der Waals surface area contributed by atoms with E-state index in [-0.39, 0.29) is 36.4 Å². The number of anilines is 2. The van der Waals surface area contributed by atoms with Gasteiger partial charge in [-0.15, -0.1) is 0 Å². The number of aliphatic hydroxyl groups is 1. The van der Waals surface area contributed by atoms with Crippen molar-refractivity contribution in [2.75, 3.05) is 43.1 Å². The maximum atomic E-state index is 14.2. The Morgan fingerprint density at radius 2 is 1.95 bits per heavy atom. The van der Waals surface area contributed by atoms with E-state index in [2.05, 4.69) is 20.6 Å². The molecule has 12 nitrogen and oxygen atoms in total. The Hall–Kier alpha value is -3.91. The summed E-state index contributed by atoms with van der Waals surface area (Å²) in [5.74, 6) is 0.894. The summed E-state index contributed by atoms with van der Waals surface area (Å²) in [5.41, 5.74) is -0.0269. The normalized spacial score (nSPS) is 21.2. The maximum Gasteiger partial charge on any atom is 0.408 e. The van der Waals surface area contributed by atoms with Gasteiger partial charge < -0.3 is 35.5 Å². The van der Waals surface area contributed by atoms with Crippen molar-refractivity contribution >= 4 is 35.1 Å². The van der Waals surface area contributed by atoms with Gasteiger partial charge in [0.1, 0.15) is 17.2 Å². The Morgan fingerprint density at radius 1 is 1.21 bits per heavy atom. The zero-order chi connectivity index (χ0) is 30.6. The summed E-state index contributed by atoms with van der Waals surface area (Å²) >= 11 is 0. The van der Waals surface area contributed by atoms with Crippen LogP contribution in [0.2, 0.25) is 0 Å². The molecule has 0 bridgehead atoms. The molecule has 1 amide bonds. The molecule has 1 aliphatic heterocycles. The third kappa shape index (κ3) is 7.19. The number of carbonyl (C=O) groups is 1. The fraction of sp³-hybridized carbons (Fsp3) is 0.552. The Bertz CT molecular complexity index is 1430. The quantitative estimate of drug-likeness (QED) is 0.253. The van der Waals surface area contributed by atoms with Crippen LogP contribution in [0.1, 0.15) is 51.8 Å². The molecule has 2 aromatic heterocycles. The predicted octanol–water partition coefficient (Wildman–Crippen LogP) is 4.08. The number of fused-ring (bicyclic) bond motifs is 1. The maximum absolute atomic E-state index is 14.2. The molecule has 5 rings (SSSR count). The number of aliphatic hydroxyl groups excluding tert-OH is 1. The standard InChI is InChI=1S/C29H38F2N8O4/c1-29(2,17-32)43-28(41)34-19-9-7-18(8-10-19)14-33-27-36-23(38-11-12-42-16-20(38)15-40)13-24(37-27)39-22-6-4-3-5-21(22)35-26(39)25(30)31/h3-6,13,17-20,25,32,40H,7-12,14-16H2,1-2H3,(H,34,41)(H,33,36,37)/t18?,19?,20-/m1/s1. The van der Waals surface area contributed by atoms with Crippen LogP contribution in [0.15, 0.2) is 30.3 Å². The van der Waals surface area contributed by atoms with Crippen LogP contribution < -0.4 is 15.5 Å². The lowest BCUT2D eigenvalue weighted by Gasteiger charge is -2.35. The van der Waals surface area contributed by atoms with Crippen LogP contribution in [0, 0.1) is 11.3 Å². The number of para-hydroxylation sites is 2. The summed E-state index contributed by atoms with van der Waals surface area (Å²) in [6.45, 7) is 4.94. The highest BCUT2D eigenvalue weighted by atomic mass is 19.3. The van der Waals surface area contributed by atoms with Gasteiger partial charge in [0, 0.05) is 31.4 Å². The van der Waals surface area contributed by atoms with E-state index in [0.717, 1.165) is 31.9 Å². The van der Waals surface area contributed by atoms with E-state index in [1.54, 1.807) is 44.2 Å². The zero-order valence-corrected chi connectivity index (χ0v) is 24.3. The van der Waals surface area contributed by atoms with Crippen LogP contribution in [0.3, 0.4) is 0 Å². The highest BCUT2D eigenvalue weighted by Crippen LogP contribution is 2.30. The largest absolute Gasteiger partial charge is 0.438 e. The minimum atomic E-state index is -2.83. The number of aromatic nitrogens is 4. The summed E-state index contributed by atoms with van der Waals surface area (Å²) in [6.07, 6.45) is 0.948. The van der Waals surface area contributed by atoms with Crippen LogP contribution in [0.5, 0.6) is 0 Å². The van der Waals surface area contributed by atoms with Gasteiger partial charge in [-0.3, -0.25) is 4.57 Å². The van der Waals surface area contributed by atoms with Crippen molar-refractivity contribution in [3.8, 4) is 5.82 Å². The number of hydrogen-bond acceptors (Lipinski definition) is 10. The summed E-state index contributed by atoms with van der Waals surface area (Å²) in [5, 5.41) is 23.6. The molecule has 1 saturated heterocycles. The average Bonchev–Trinajstić information content (AvgIpc) is 3.40. The molecule has 14 heteroatoms. The van der Waals surface area contributed by atoms with Gasteiger partial charge >= 0.3 is 6.09 Å². The molecule has 1 atom stereocenters. The van der Waals surface area contributed by atoms with Crippen molar-refractivity contribution in [3.63, 3.8) is 0 Å². The monoisotopic (exact) mass is 600 g/mol. The first-order valence-electron chi connectivity index (χ1n) is 14.5. The van der Waals surface area contributed by atoms with Crippen LogP contribution in [-0.2, 0) is 9.47 Å². The number of nitrogens with zero attached hydrogens (tertiary/aromatic N) is 5. The molecule has 1 aliphatic carbocycles. The number of ether oxygens (including phenoxy) is 2. The molecule has 3 aromatic rings. The van der Waals surface area contributed by atoms with Crippen LogP contribution in [0.4, 0.5) is 25.3 Å². The Balaban J connectivity index is 1.35. The van der Waals surface area contributed by atoms with Crippen molar-refractivity contribution < 1.29 is 28.2 Å². The molecule has 2 aliphatic rings. The Morgan fingerprint density at radius 3 is 2.67 bits per heavy atom. The van der Waals surface area contributed by atoms with Gasteiger partial charge in [0.05, 0.1) is 36.9 Å². The molecular formula is C29H38F2N8O4. The van der Waals surface area contributed by atoms with Crippen molar-refractivity contribution in [2.45, 2.75) is 63.6 Å². The van der Waals surface area contributed by atoms with Crippen LogP contribution in [0.25, 0.3) is 16.9 Å². The number of amides is 1. The molecule has 0 radical (unpaired) electrons. The van der Waals surface area contributed by atoms with Gasteiger partial charge in [0.2, 0.25) is 5.95 Å². The van der Waals surface area contributed by atoms with Crippen LogP contribution in [-0.4, -0.2) is 87.5 Å². The van der Waals surface area contributed by atoms with Gasteiger partial charge in [-0.1, -0.05) is 12.1 Å². The Labute approximate surface area is 248 Å². The number of carbonyl (C=O) groups excluding carboxylic acids is 1. The number of hydrogen-bond donors (Lipinski definition) is 4. The van der Waals surface area contributed by atoms with E-state index >= 15 is 0 Å². The third-order valence-electron chi connectivity index (χ3n) is 7.86. The van der Waals surface area contributed by atoms with E-state index in [0.29, 0.717) is 43.2 Å². The first-order chi connectivity index (χ1) is 20.7. The van der Waals surface area contributed by atoms with Gasteiger partial charge in [0.25, 0.3) is 6.43 Å². The molecule has 1 saturated carbocycles. The SMILES string of the molecule is CC(C)(C=N)OC(=O)NC1CCC(CNc2nc(N3CCOC[C@H]3CO)cc(-n3c(C(F)F)nc4ccccc43)n2)CC1. The van der Waals surface area contributed by atoms with Crippen molar-refractivity contribution in [2.24, 2.45) is 5.92 Å². The fourth-order valence-electron chi connectivity index (χ4n) is 5.51. The molecule has 4 N–H and O–H groups in total. The second-order valence-corrected chi connectivity index (χ2v) is 11.5.